The third-order valence-electron chi connectivity index (χ3n) is 3.01. The zero-order chi connectivity index (χ0) is 9.05. The molecule has 4 nitrogen and oxygen atoms in total. The summed E-state index contributed by atoms with van der Waals surface area (Å²) in [4.78, 5) is 11.1. The summed E-state index contributed by atoms with van der Waals surface area (Å²) in [6, 6.07) is 0.243. The molecule has 3 aliphatic rings. The van der Waals surface area contributed by atoms with Gasteiger partial charge in [0.2, 0.25) is 5.91 Å². The van der Waals surface area contributed by atoms with Gasteiger partial charge in [0.15, 0.2) is 5.79 Å². The Balaban J connectivity index is 1.87. The van der Waals surface area contributed by atoms with E-state index in [4.69, 9.17) is 9.47 Å². The number of amides is 1. The van der Waals surface area contributed by atoms with E-state index in [1.807, 2.05) is 13.0 Å². The summed E-state index contributed by atoms with van der Waals surface area (Å²) in [5.74, 6) is -0.509. The summed E-state index contributed by atoms with van der Waals surface area (Å²) >= 11 is 0. The van der Waals surface area contributed by atoms with E-state index in [2.05, 4.69) is 5.32 Å². The highest BCUT2D eigenvalue weighted by Crippen LogP contribution is 2.44. The van der Waals surface area contributed by atoms with Crippen molar-refractivity contribution in [3.63, 3.8) is 0 Å². The summed E-state index contributed by atoms with van der Waals surface area (Å²) in [5, 5.41) is 2.79. The van der Waals surface area contributed by atoms with Crippen LogP contribution in [0.15, 0.2) is 11.6 Å². The van der Waals surface area contributed by atoms with Gasteiger partial charge in [-0.05, 0) is 6.92 Å². The molecule has 3 rings (SSSR count). The van der Waals surface area contributed by atoms with Gasteiger partial charge >= 0.3 is 0 Å². The normalized spacial score (nSPS) is 39.8. The summed E-state index contributed by atoms with van der Waals surface area (Å²) in [7, 11) is 0. The molecule has 13 heavy (non-hydrogen) atoms. The second kappa shape index (κ2) is 2.13. The van der Waals surface area contributed by atoms with Crippen LogP contribution in [0.1, 0.15) is 6.92 Å². The lowest BCUT2D eigenvalue weighted by Gasteiger charge is -2.48. The molecular weight excluding hydrogens is 170 g/mol. The number of carbonyl (C=O) groups excluding carboxylic acids is 1. The number of ether oxygens (including phenoxy) is 2. The van der Waals surface area contributed by atoms with Crippen LogP contribution in [-0.4, -0.2) is 30.9 Å². The Hall–Kier alpha value is -0.870. The fraction of sp³-hybridized carbons (Fsp3) is 0.667. The van der Waals surface area contributed by atoms with Gasteiger partial charge in [-0.1, -0.05) is 6.08 Å². The van der Waals surface area contributed by atoms with Gasteiger partial charge in [-0.15, -0.1) is 0 Å². The number of carbonyl (C=O) groups is 1. The van der Waals surface area contributed by atoms with Gasteiger partial charge in [-0.3, -0.25) is 4.79 Å². The van der Waals surface area contributed by atoms with Crippen molar-refractivity contribution in [2.75, 3.05) is 13.2 Å². The standard InChI is InChI=1S/C9H11NO3/c1-9(12-2-3-13-9)5-4-6-7(5)8(11)10-6/h4,6-7H,2-3H2,1H3,(H,10,11). The SMILES string of the molecule is CC1(C2=CC3NC(=O)C23)OCCO1. The molecule has 2 aliphatic heterocycles. The molecule has 1 N–H and O–H groups in total. The quantitative estimate of drug-likeness (QED) is 0.450. The average Bonchev–Trinajstić information content (AvgIpc) is 2.46. The lowest BCUT2D eigenvalue weighted by Crippen LogP contribution is -2.66. The minimum absolute atomic E-state index is 0.0168. The number of β-lactam (4-membered cyclic amide) rings is 1. The van der Waals surface area contributed by atoms with Crippen LogP contribution in [0.2, 0.25) is 0 Å². The summed E-state index contributed by atoms with van der Waals surface area (Å²) in [5.41, 5.74) is 0.999. The van der Waals surface area contributed by atoms with E-state index in [0.717, 1.165) is 5.57 Å². The molecule has 70 valence electrons. The van der Waals surface area contributed by atoms with E-state index in [0.29, 0.717) is 13.2 Å². The third kappa shape index (κ3) is 0.796. The van der Waals surface area contributed by atoms with Crippen molar-refractivity contribution in [1.29, 1.82) is 0 Å². The van der Waals surface area contributed by atoms with E-state index < -0.39 is 5.79 Å². The highest BCUT2D eigenvalue weighted by molar-refractivity contribution is 5.92. The van der Waals surface area contributed by atoms with Crippen LogP contribution < -0.4 is 5.32 Å². The van der Waals surface area contributed by atoms with Gasteiger partial charge in [-0.25, -0.2) is 0 Å². The molecule has 0 aromatic heterocycles. The van der Waals surface area contributed by atoms with Crippen molar-refractivity contribution in [2.24, 2.45) is 5.92 Å². The van der Waals surface area contributed by atoms with E-state index in [9.17, 15) is 4.79 Å². The van der Waals surface area contributed by atoms with Crippen LogP contribution in [0, 0.1) is 5.92 Å². The molecule has 4 heteroatoms. The van der Waals surface area contributed by atoms with Crippen molar-refractivity contribution in [3.8, 4) is 0 Å². The number of hydrogen-bond donors (Lipinski definition) is 1. The predicted octanol–water partition coefficient (Wildman–Crippen LogP) is -0.196. The van der Waals surface area contributed by atoms with Crippen LogP contribution in [0.5, 0.6) is 0 Å². The van der Waals surface area contributed by atoms with Crippen molar-refractivity contribution < 1.29 is 14.3 Å². The molecule has 1 amide bonds. The van der Waals surface area contributed by atoms with E-state index >= 15 is 0 Å². The first-order chi connectivity index (χ1) is 6.21. The van der Waals surface area contributed by atoms with Gasteiger partial charge in [0.25, 0.3) is 0 Å². The number of fused-ring (bicyclic) bond motifs is 1. The average molecular weight is 181 g/mol. The second-order valence-electron chi connectivity index (χ2n) is 3.78. The van der Waals surface area contributed by atoms with Gasteiger partial charge in [-0.2, -0.15) is 0 Å². The molecule has 2 fully saturated rings. The molecule has 0 radical (unpaired) electrons. The zero-order valence-corrected chi connectivity index (χ0v) is 7.37. The Labute approximate surface area is 75.9 Å². The first-order valence-corrected chi connectivity index (χ1v) is 4.51. The molecule has 2 saturated heterocycles. The Bertz CT molecular complexity index is 304. The van der Waals surface area contributed by atoms with Crippen molar-refractivity contribution in [3.05, 3.63) is 11.6 Å². The van der Waals surface area contributed by atoms with E-state index in [1.54, 1.807) is 0 Å². The maximum absolute atomic E-state index is 11.1. The fourth-order valence-corrected chi connectivity index (χ4v) is 2.17. The van der Waals surface area contributed by atoms with Crippen molar-refractivity contribution in [2.45, 2.75) is 18.8 Å². The zero-order valence-electron chi connectivity index (χ0n) is 7.37. The Morgan fingerprint density at radius 1 is 1.54 bits per heavy atom. The van der Waals surface area contributed by atoms with Crippen LogP contribution >= 0.6 is 0 Å². The predicted molar refractivity (Wildman–Crippen MR) is 43.8 cm³/mol. The largest absolute Gasteiger partial charge is 0.348 e. The number of nitrogens with one attached hydrogen (secondary N) is 1. The summed E-state index contributed by atoms with van der Waals surface area (Å²) < 4.78 is 10.9. The van der Waals surface area contributed by atoms with Crippen LogP contribution in [0.3, 0.4) is 0 Å². The smallest absolute Gasteiger partial charge is 0.230 e. The van der Waals surface area contributed by atoms with Gasteiger partial charge < -0.3 is 14.8 Å². The molecule has 2 atom stereocenters. The number of hydrogen-bond acceptors (Lipinski definition) is 3. The van der Waals surface area contributed by atoms with Gasteiger partial charge in [0.05, 0.1) is 25.2 Å². The molecule has 0 bridgehead atoms. The van der Waals surface area contributed by atoms with E-state index in [1.165, 1.54) is 0 Å². The molecule has 0 saturated carbocycles. The van der Waals surface area contributed by atoms with Crippen LogP contribution in [-0.2, 0) is 14.3 Å². The summed E-state index contributed by atoms with van der Waals surface area (Å²) in [6.07, 6.45) is 2.03. The first-order valence-electron chi connectivity index (χ1n) is 4.51. The van der Waals surface area contributed by atoms with Gasteiger partial charge in [0, 0.05) is 5.57 Å². The van der Waals surface area contributed by atoms with Crippen molar-refractivity contribution in [1.82, 2.24) is 5.32 Å². The van der Waals surface area contributed by atoms with Crippen molar-refractivity contribution >= 4 is 5.91 Å². The minimum Gasteiger partial charge on any atom is -0.348 e. The Morgan fingerprint density at radius 2 is 2.23 bits per heavy atom. The topological polar surface area (TPSA) is 47.6 Å². The first kappa shape index (κ1) is 7.53. The summed E-state index contributed by atoms with van der Waals surface area (Å²) in [6.45, 7) is 3.12. The third-order valence-corrected chi connectivity index (χ3v) is 3.01. The number of rotatable bonds is 1. The van der Waals surface area contributed by atoms with E-state index in [-0.39, 0.29) is 17.9 Å². The Kier molecular flexibility index (Phi) is 1.24. The van der Waals surface area contributed by atoms with Crippen LogP contribution in [0.4, 0.5) is 0 Å². The molecule has 0 aromatic carbocycles. The molecule has 2 heterocycles. The second-order valence-corrected chi connectivity index (χ2v) is 3.78. The fourth-order valence-electron chi connectivity index (χ4n) is 2.17. The lowest BCUT2D eigenvalue weighted by atomic mass is 9.70. The molecule has 0 spiro atoms. The molecule has 0 aromatic rings. The van der Waals surface area contributed by atoms with Gasteiger partial charge in [0.1, 0.15) is 0 Å². The minimum atomic E-state index is -0.626. The molecular formula is C9H11NO3. The highest BCUT2D eigenvalue weighted by Gasteiger charge is 2.55. The lowest BCUT2D eigenvalue weighted by molar-refractivity contribution is -0.147. The molecule has 1 aliphatic carbocycles. The molecule has 2 unspecified atom stereocenters. The highest BCUT2D eigenvalue weighted by atomic mass is 16.7. The van der Waals surface area contributed by atoms with Crippen LogP contribution in [0.25, 0.3) is 0 Å². The Morgan fingerprint density at radius 3 is 2.77 bits per heavy atom. The maximum Gasteiger partial charge on any atom is 0.230 e. The monoisotopic (exact) mass is 181 g/mol. The maximum atomic E-state index is 11.1.